The van der Waals surface area contributed by atoms with Crippen LogP contribution >= 0.6 is 0 Å². The topological polar surface area (TPSA) is 85.2 Å². The molecule has 3 aromatic rings. The van der Waals surface area contributed by atoms with Gasteiger partial charge in [0.15, 0.2) is 5.82 Å². The van der Waals surface area contributed by atoms with Crippen molar-refractivity contribution >= 4 is 11.3 Å². The molecule has 0 bridgehead atoms. The van der Waals surface area contributed by atoms with Crippen molar-refractivity contribution in [2.75, 3.05) is 18.0 Å². The summed E-state index contributed by atoms with van der Waals surface area (Å²) in [4.78, 5) is 6.95. The van der Waals surface area contributed by atoms with E-state index in [1.54, 1.807) is 10.8 Å². The number of anilines is 1. The highest BCUT2D eigenvalue weighted by Crippen LogP contribution is 2.31. The van der Waals surface area contributed by atoms with E-state index in [0.717, 1.165) is 61.1 Å². The zero-order valence-electron chi connectivity index (χ0n) is 14.9. The van der Waals surface area contributed by atoms with Gasteiger partial charge in [-0.15, -0.1) is 10.2 Å². The van der Waals surface area contributed by atoms with E-state index in [4.69, 9.17) is 4.52 Å². The number of piperidine rings is 1. The molecule has 3 aromatic heterocycles. The second-order valence-electron chi connectivity index (χ2n) is 7.20. The standard InChI is InChI=1S/C17H23N7O/c1-11(2)7-15-19-17(25-22-15)13-5-4-6-23(9-13)14-8-12(3)21-24-10-18-20-16(14)24/h8,10-11,13H,4-7,9H2,1-3H3. The van der Waals surface area contributed by atoms with E-state index < -0.39 is 0 Å². The minimum Gasteiger partial charge on any atom is -0.368 e. The maximum Gasteiger partial charge on any atom is 0.231 e. The van der Waals surface area contributed by atoms with Crippen molar-refractivity contribution in [3.05, 3.63) is 29.8 Å². The molecule has 8 nitrogen and oxygen atoms in total. The lowest BCUT2D eigenvalue weighted by Gasteiger charge is -2.32. The first kappa shape index (κ1) is 16.0. The minimum absolute atomic E-state index is 0.249. The summed E-state index contributed by atoms with van der Waals surface area (Å²) in [5, 5.41) is 16.8. The number of nitrogens with zero attached hydrogens (tertiary/aromatic N) is 7. The predicted molar refractivity (Wildman–Crippen MR) is 92.5 cm³/mol. The van der Waals surface area contributed by atoms with Crippen molar-refractivity contribution in [3.8, 4) is 0 Å². The van der Waals surface area contributed by atoms with E-state index in [2.05, 4.69) is 50.3 Å². The van der Waals surface area contributed by atoms with Crippen LogP contribution in [0.15, 0.2) is 16.9 Å². The molecule has 1 atom stereocenters. The van der Waals surface area contributed by atoms with Gasteiger partial charge in [-0.3, -0.25) is 0 Å². The summed E-state index contributed by atoms with van der Waals surface area (Å²) in [6.45, 7) is 8.13. The van der Waals surface area contributed by atoms with E-state index >= 15 is 0 Å². The first-order valence-electron chi connectivity index (χ1n) is 8.85. The van der Waals surface area contributed by atoms with Gasteiger partial charge >= 0.3 is 0 Å². The molecule has 132 valence electrons. The Bertz CT molecular complexity index is 869. The third-order valence-electron chi connectivity index (χ3n) is 4.56. The molecule has 0 N–H and O–H groups in total. The summed E-state index contributed by atoms with van der Waals surface area (Å²) < 4.78 is 7.29. The Labute approximate surface area is 146 Å². The maximum absolute atomic E-state index is 5.55. The van der Waals surface area contributed by atoms with Gasteiger partial charge in [0.25, 0.3) is 0 Å². The Hall–Kier alpha value is -2.51. The smallest absolute Gasteiger partial charge is 0.231 e. The largest absolute Gasteiger partial charge is 0.368 e. The molecule has 0 aliphatic carbocycles. The van der Waals surface area contributed by atoms with E-state index in [0.29, 0.717) is 5.92 Å². The Morgan fingerprint density at radius 1 is 1.36 bits per heavy atom. The number of rotatable bonds is 4. The fourth-order valence-corrected chi connectivity index (χ4v) is 3.44. The van der Waals surface area contributed by atoms with E-state index in [1.807, 2.05) is 6.92 Å². The van der Waals surface area contributed by atoms with Gasteiger partial charge in [-0.2, -0.15) is 14.6 Å². The minimum atomic E-state index is 0.249. The average molecular weight is 341 g/mol. The van der Waals surface area contributed by atoms with Crippen LogP contribution < -0.4 is 4.90 Å². The van der Waals surface area contributed by atoms with Gasteiger partial charge in [-0.25, -0.2) is 0 Å². The third kappa shape index (κ3) is 3.20. The van der Waals surface area contributed by atoms with Crippen LogP contribution in [0, 0.1) is 12.8 Å². The van der Waals surface area contributed by atoms with Gasteiger partial charge in [-0.05, 0) is 31.7 Å². The van der Waals surface area contributed by atoms with Crippen molar-refractivity contribution in [2.45, 2.75) is 46.0 Å². The molecular weight excluding hydrogens is 318 g/mol. The Morgan fingerprint density at radius 2 is 2.24 bits per heavy atom. The molecule has 4 heterocycles. The Morgan fingerprint density at radius 3 is 3.08 bits per heavy atom. The molecule has 1 aliphatic heterocycles. The Kier molecular flexibility index (Phi) is 4.10. The van der Waals surface area contributed by atoms with Crippen molar-refractivity contribution in [3.63, 3.8) is 0 Å². The van der Waals surface area contributed by atoms with Crippen LogP contribution in [0.2, 0.25) is 0 Å². The summed E-state index contributed by atoms with van der Waals surface area (Å²) in [7, 11) is 0. The average Bonchev–Trinajstić information content (AvgIpc) is 3.22. The molecule has 4 rings (SSSR count). The van der Waals surface area contributed by atoms with Crippen LogP contribution in [0.3, 0.4) is 0 Å². The van der Waals surface area contributed by atoms with Gasteiger partial charge < -0.3 is 9.42 Å². The van der Waals surface area contributed by atoms with Crippen LogP contribution in [0.1, 0.15) is 50.0 Å². The molecule has 1 aliphatic rings. The highest BCUT2D eigenvalue weighted by atomic mass is 16.5. The lowest BCUT2D eigenvalue weighted by molar-refractivity contribution is 0.329. The second kappa shape index (κ2) is 6.42. The molecule has 0 spiro atoms. The summed E-state index contributed by atoms with van der Waals surface area (Å²) in [5.74, 6) is 2.33. The monoisotopic (exact) mass is 341 g/mol. The number of hydrogen-bond donors (Lipinski definition) is 0. The zero-order valence-corrected chi connectivity index (χ0v) is 14.9. The highest BCUT2D eigenvalue weighted by molar-refractivity contribution is 5.68. The Balaban J connectivity index is 1.58. The number of fused-ring (bicyclic) bond motifs is 1. The number of hydrogen-bond acceptors (Lipinski definition) is 7. The SMILES string of the molecule is Cc1cc(N2CCCC(c3nc(CC(C)C)no3)C2)c2nncn2n1. The summed E-state index contributed by atoms with van der Waals surface area (Å²) in [6.07, 6.45) is 4.63. The van der Waals surface area contributed by atoms with Crippen LogP contribution in [-0.4, -0.2) is 43.0 Å². The number of aryl methyl sites for hydroxylation is 1. The second-order valence-corrected chi connectivity index (χ2v) is 7.20. The van der Waals surface area contributed by atoms with Crippen molar-refractivity contribution < 1.29 is 4.52 Å². The van der Waals surface area contributed by atoms with Crippen LogP contribution in [0.25, 0.3) is 5.65 Å². The van der Waals surface area contributed by atoms with E-state index in [1.165, 1.54) is 0 Å². The third-order valence-corrected chi connectivity index (χ3v) is 4.56. The molecule has 1 unspecified atom stereocenters. The predicted octanol–water partition coefficient (Wildman–Crippen LogP) is 2.40. The molecular formula is C17H23N7O. The molecule has 8 heteroatoms. The first-order chi connectivity index (χ1) is 12.1. The van der Waals surface area contributed by atoms with Gasteiger partial charge in [0, 0.05) is 19.5 Å². The maximum atomic E-state index is 5.55. The van der Waals surface area contributed by atoms with Gasteiger partial charge in [-0.1, -0.05) is 19.0 Å². The first-order valence-corrected chi connectivity index (χ1v) is 8.85. The molecule has 0 aromatic carbocycles. The van der Waals surface area contributed by atoms with Crippen LogP contribution in [0.4, 0.5) is 5.69 Å². The van der Waals surface area contributed by atoms with Crippen LogP contribution in [0.5, 0.6) is 0 Å². The zero-order chi connectivity index (χ0) is 17.4. The molecule has 0 amide bonds. The summed E-state index contributed by atoms with van der Waals surface area (Å²) in [6, 6.07) is 2.07. The fourth-order valence-electron chi connectivity index (χ4n) is 3.44. The van der Waals surface area contributed by atoms with Crippen molar-refractivity contribution in [1.29, 1.82) is 0 Å². The quantitative estimate of drug-likeness (QED) is 0.720. The molecule has 1 fully saturated rings. The van der Waals surface area contributed by atoms with Crippen LogP contribution in [-0.2, 0) is 6.42 Å². The molecule has 0 radical (unpaired) electrons. The molecule has 0 saturated carbocycles. The summed E-state index contributed by atoms with van der Waals surface area (Å²) in [5.41, 5.74) is 2.80. The van der Waals surface area contributed by atoms with Crippen molar-refractivity contribution in [2.24, 2.45) is 5.92 Å². The molecule has 25 heavy (non-hydrogen) atoms. The normalized spacial score (nSPS) is 18.4. The lowest BCUT2D eigenvalue weighted by atomic mass is 9.97. The van der Waals surface area contributed by atoms with Gasteiger partial charge in [0.1, 0.15) is 6.33 Å². The van der Waals surface area contributed by atoms with Gasteiger partial charge in [0.05, 0.1) is 17.3 Å². The molecule has 1 saturated heterocycles. The number of aromatic nitrogens is 6. The summed E-state index contributed by atoms with van der Waals surface area (Å²) >= 11 is 0. The lowest BCUT2D eigenvalue weighted by Crippen LogP contribution is -2.35. The highest BCUT2D eigenvalue weighted by Gasteiger charge is 2.28. The van der Waals surface area contributed by atoms with Gasteiger partial charge in [0.2, 0.25) is 11.5 Å². The van der Waals surface area contributed by atoms with E-state index in [9.17, 15) is 0 Å². The fraction of sp³-hybridized carbons (Fsp3) is 0.588. The van der Waals surface area contributed by atoms with Crippen molar-refractivity contribution in [1.82, 2.24) is 30.0 Å². The van der Waals surface area contributed by atoms with E-state index in [-0.39, 0.29) is 5.92 Å².